The van der Waals surface area contributed by atoms with Crippen molar-refractivity contribution >= 4 is 16.6 Å². The maximum atomic E-state index is 12.3. The van der Waals surface area contributed by atoms with Gasteiger partial charge in [-0.25, -0.2) is 0 Å². The molecule has 86 valence electrons. The number of hydrogen-bond acceptors (Lipinski definition) is 2. The number of rotatable bonds is 2. The number of carbonyl (C=O) groups is 1. The molecule has 0 N–H and O–H groups in total. The zero-order chi connectivity index (χ0) is 10.8. The van der Waals surface area contributed by atoms with Crippen LogP contribution in [-0.2, 0) is 15.6 Å². The molecule has 0 heterocycles. The van der Waals surface area contributed by atoms with Crippen molar-refractivity contribution in [3.8, 4) is 0 Å². The third kappa shape index (κ3) is 2.49. The summed E-state index contributed by atoms with van der Waals surface area (Å²) in [6.45, 7) is 2.16. The molecule has 15 heavy (non-hydrogen) atoms. The van der Waals surface area contributed by atoms with Crippen LogP contribution in [0, 0.1) is 5.92 Å². The molecule has 0 aromatic carbocycles. The predicted molar refractivity (Wildman–Crippen MR) is 62.2 cm³/mol. The van der Waals surface area contributed by atoms with Crippen LogP contribution in [0.25, 0.3) is 0 Å². The monoisotopic (exact) mass is 228 g/mol. The largest absolute Gasteiger partial charge is 0.300 e. The predicted octanol–water partition coefficient (Wildman–Crippen LogP) is 2.44. The lowest BCUT2D eigenvalue weighted by Gasteiger charge is -2.29. The highest BCUT2D eigenvalue weighted by atomic mass is 32.2. The Kier molecular flexibility index (Phi) is 3.60. The Balaban J connectivity index is 2.00. The Bertz CT molecular complexity index is 269. The molecule has 0 bridgehead atoms. The molecule has 2 rings (SSSR count). The van der Waals surface area contributed by atoms with Gasteiger partial charge in [-0.05, 0) is 25.2 Å². The van der Waals surface area contributed by atoms with Crippen molar-refractivity contribution in [2.45, 2.75) is 62.4 Å². The first-order valence-electron chi connectivity index (χ1n) is 6.09. The summed E-state index contributed by atoms with van der Waals surface area (Å²) >= 11 is 0. The molecule has 0 aromatic heterocycles. The Morgan fingerprint density at radius 2 is 1.87 bits per heavy atom. The lowest BCUT2D eigenvalue weighted by molar-refractivity contribution is -0.120. The smallest absolute Gasteiger partial charge is 0.134 e. The van der Waals surface area contributed by atoms with E-state index in [0.717, 1.165) is 19.3 Å². The van der Waals surface area contributed by atoms with Crippen molar-refractivity contribution in [1.82, 2.24) is 0 Å². The Labute approximate surface area is 94.3 Å². The van der Waals surface area contributed by atoms with Crippen LogP contribution in [0.15, 0.2) is 0 Å². The first kappa shape index (κ1) is 11.3. The van der Waals surface area contributed by atoms with Crippen LogP contribution in [0.1, 0.15) is 51.9 Å². The van der Waals surface area contributed by atoms with Gasteiger partial charge in [0, 0.05) is 34.1 Å². The van der Waals surface area contributed by atoms with Crippen molar-refractivity contribution in [1.29, 1.82) is 0 Å². The standard InChI is InChI=1S/C12H20O2S/c1-9-6-7-10(13)8-12(9)15(14)11-4-2-3-5-11/h9,11-12H,2-8H2,1H3. The third-order valence-corrected chi connectivity index (χ3v) is 6.23. The molecule has 3 atom stereocenters. The molecular formula is C12H20O2S. The highest BCUT2D eigenvalue weighted by Gasteiger charge is 2.35. The fourth-order valence-electron chi connectivity index (χ4n) is 2.78. The van der Waals surface area contributed by atoms with Crippen molar-refractivity contribution < 1.29 is 9.00 Å². The number of carbonyl (C=O) groups excluding carboxylic acids is 1. The van der Waals surface area contributed by atoms with E-state index in [4.69, 9.17) is 0 Å². The van der Waals surface area contributed by atoms with E-state index in [0.29, 0.717) is 29.8 Å². The van der Waals surface area contributed by atoms with E-state index < -0.39 is 10.8 Å². The lowest BCUT2D eigenvalue weighted by atomic mass is 9.89. The van der Waals surface area contributed by atoms with Crippen LogP contribution in [0.5, 0.6) is 0 Å². The van der Waals surface area contributed by atoms with Gasteiger partial charge in [0.05, 0.1) is 0 Å². The van der Waals surface area contributed by atoms with Gasteiger partial charge in [-0.1, -0.05) is 19.8 Å². The average molecular weight is 228 g/mol. The van der Waals surface area contributed by atoms with Crippen LogP contribution >= 0.6 is 0 Å². The fraction of sp³-hybridized carbons (Fsp3) is 0.917. The molecular weight excluding hydrogens is 208 g/mol. The minimum absolute atomic E-state index is 0.161. The fourth-order valence-corrected chi connectivity index (χ4v) is 5.02. The van der Waals surface area contributed by atoms with Crippen molar-refractivity contribution in [3.05, 3.63) is 0 Å². The SMILES string of the molecule is CC1CCC(=O)CC1S(=O)C1CCCC1. The molecule has 2 nitrogen and oxygen atoms in total. The molecule has 2 saturated carbocycles. The van der Waals surface area contributed by atoms with Crippen LogP contribution in [-0.4, -0.2) is 20.5 Å². The molecule has 0 spiro atoms. The molecule has 0 aromatic rings. The summed E-state index contributed by atoms with van der Waals surface area (Å²) in [6, 6.07) is 0. The van der Waals surface area contributed by atoms with Gasteiger partial charge in [0.2, 0.25) is 0 Å². The first-order chi connectivity index (χ1) is 7.18. The maximum absolute atomic E-state index is 12.3. The third-order valence-electron chi connectivity index (χ3n) is 3.87. The van der Waals surface area contributed by atoms with Crippen LogP contribution < -0.4 is 0 Å². The van der Waals surface area contributed by atoms with Gasteiger partial charge in [0.15, 0.2) is 0 Å². The van der Waals surface area contributed by atoms with E-state index in [1.54, 1.807) is 0 Å². The molecule has 0 aliphatic heterocycles. The van der Waals surface area contributed by atoms with Crippen molar-refractivity contribution in [3.63, 3.8) is 0 Å². The summed E-state index contributed by atoms with van der Waals surface area (Å²) in [5.74, 6) is 0.800. The van der Waals surface area contributed by atoms with Crippen molar-refractivity contribution in [2.75, 3.05) is 0 Å². The van der Waals surface area contributed by atoms with E-state index in [-0.39, 0.29) is 5.25 Å². The Morgan fingerprint density at radius 3 is 2.53 bits per heavy atom. The van der Waals surface area contributed by atoms with Gasteiger partial charge in [0.25, 0.3) is 0 Å². The minimum Gasteiger partial charge on any atom is -0.300 e. The van der Waals surface area contributed by atoms with E-state index in [1.807, 2.05) is 0 Å². The van der Waals surface area contributed by atoms with Gasteiger partial charge in [-0.2, -0.15) is 0 Å². The zero-order valence-electron chi connectivity index (χ0n) is 9.41. The van der Waals surface area contributed by atoms with Crippen LogP contribution in [0.2, 0.25) is 0 Å². The molecule has 0 radical (unpaired) electrons. The second-order valence-corrected chi connectivity index (χ2v) is 6.96. The molecule has 0 saturated heterocycles. The van der Waals surface area contributed by atoms with E-state index in [9.17, 15) is 9.00 Å². The van der Waals surface area contributed by atoms with Crippen LogP contribution in [0.4, 0.5) is 0 Å². The van der Waals surface area contributed by atoms with Gasteiger partial charge >= 0.3 is 0 Å². The number of Topliss-reactive ketones (excluding diaryl/α,β-unsaturated/α-hetero) is 1. The topological polar surface area (TPSA) is 34.1 Å². The Morgan fingerprint density at radius 1 is 1.20 bits per heavy atom. The van der Waals surface area contributed by atoms with Gasteiger partial charge < -0.3 is 0 Å². The summed E-state index contributed by atoms with van der Waals surface area (Å²) in [5.41, 5.74) is 0. The molecule has 0 amide bonds. The van der Waals surface area contributed by atoms with Gasteiger partial charge in [-0.3, -0.25) is 9.00 Å². The summed E-state index contributed by atoms with van der Waals surface area (Å²) in [6.07, 6.45) is 6.91. The lowest BCUT2D eigenvalue weighted by Crippen LogP contribution is -2.35. The normalized spacial score (nSPS) is 35.7. The molecule has 3 unspecified atom stereocenters. The average Bonchev–Trinajstić information content (AvgIpc) is 2.74. The molecule has 2 fully saturated rings. The van der Waals surface area contributed by atoms with Gasteiger partial charge in [0.1, 0.15) is 5.78 Å². The summed E-state index contributed by atoms with van der Waals surface area (Å²) in [5, 5.41) is 0.553. The quantitative estimate of drug-likeness (QED) is 0.727. The van der Waals surface area contributed by atoms with E-state index >= 15 is 0 Å². The molecule has 2 aliphatic carbocycles. The maximum Gasteiger partial charge on any atom is 0.134 e. The summed E-state index contributed by atoms with van der Waals surface area (Å²) in [4.78, 5) is 11.4. The second-order valence-electron chi connectivity index (χ2n) is 5.03. The highest BCUT2D eigenvalue weighted by Crippen LogP contribution is 2.32. The van der Waals surface area contributed by atoms with E-state index in [2.05, 4.69) is 6.92 Å². The van der Waals surface area contributed by atoms with Gasteiger partial charge in [-0.15, -0.1) is 0 Å². The summed E-state index contributed by atoms with van der Waals surface area (Å²) < 4.78 is 12.3. The minimum atomic E-state index is -0.753. The number of hydrogen-bond donors (Lipinski definition) is 0. The Hall–Kier alpha value is -0.180. The highest BCUT2D eigenvalue weighted by molar-refractivity contribution is 7.86. The second kappa shape index (κ2) is 4.77. The van der Waals surface area contributed by atoms with Crippen LogP contribution in [0.3, 0.4) is 0 Å². The molecule has 2 aliphatic rings. The first-order valence-corrected chi connectivity index (χ1v) is 7.37. The van der Waals surface area contributed by atoms with Crippen molar-refractivity contribution in [2.24, 2.45) is 5.92 Å². The zero-order valence-corrected chi connectivity index (χ0v) is 10.2. The number of ketones is 1. The molecule has 3 heteroatoms. The summed E-state index contributed by atoms with van der Waals surface area (Å²) in [7, 11) is -0.753. The van der Waals surface area contributed by atoms with E-state index in [1.165, 1.54) is 12.8 Å².